The Morgan fingerprint density at radius 2 is 1.73 bits per heavy atom. The van der Waals surface area contributed by atoms with Gasteiger partial charge in [0.25, 0.3) is 0 Å². The third kappa shape index (κ3) is 5.21. The quantitative estimate of drug-likeness (QED) is 0.682. The summed E-state index contributed by atoms with van der Waals surface area (Å²) < 4.78 is 23.0. The molecule has 1 unspecified atom stereocenters. The van der Waals surface area contributed by atoms with E-state index in [1.165, 1.54) is 0 Å². The molecule has 0 radical (unpaired) electrons. The molecular formula is C11H23ClO2S. The van der Waals surface area contributed by atoms with Crippen molar-refractivity contribution >= 4 is 21.4 Å². The molecule has 0 fully saturated rings. The van der Waals surface area contributed by atoms with Crippen molar-refractivity contribution in [2.45, 2.75) is 51.7 Å². The molecule has 92 valence electrons. The van der Waals surface area contributed by atoms with Crippen molar-refractivity contribution in [3.05, 3.63) is 0 Å². The van der Waals surface area contributed by atoms with Gasteiger partial charge >= 0.3 is 0 Å². The maximum absolute atomic E-state index is 11.8. The van der Waals surface area contributed by atoms with Gasteiger partial charge < -0.3 is 0 Å². The fourth-order valence-electron chi connectivity index (χ4n) is 1.33. The van der Waals surface area contributed by atoms with Crippen LogP contribution in [0, 0.1) is 5.92 Å². The van der Waals surface area contributed by atoms with Gasteiger partial charge in [-0.25, -0.2) is 8.42 Å². The lowest BCUT2D eigenvalue weighted by Gasteiger charge is -2.21. The summed E-state index contributed by atoms with van der Waals surface area (Å²) in [6.07, 6.45) is 2.77. The Morgan fingerprint density at radius 1 is 1.20 bits per heavy atom. The van der Waals surface area contributed by atoms with Gasteiger partial charge in [0.15, 0.2) is 9.84 Å². The van der Waals surface area contributed by atoms with Gasteiger partial charge in [-0.05, 0) is 39.5 Å². The van der Waals surface area contributed by atoms with Crippen LogP contribution in [0.5, 0.6) is 0 Å². The van der Waals surface area contributed by atoms with Gasteiger partial charge in [0, 0.05) is 5.88 Å². The zero-order valence-corrected chi connectivity index (χ0v) is 11.8. The molecule has 0 aromatic carbocycles. The van der Waals surface area contributed by atoms with E-state index in [1.807, 2.05) is 0 Å². The van der Waals surface area contributed by atoms with Gasteiger partial charge in [0.1, 0.15) is 0 Å². The molecule has 0 aliphatic rings. The van der Waals surface area contributed by atoms with Crippen LogP contribution in [0.15, 0.2) is 0 Å². The second-order valence-corrected chi connectivity index (χ2v) is 8.20. The maximum atomic E-state index is 11.8. The molecule has 0 spiro atoms. The second kappa shape index (κ2) is 6.09. The van der Waals surface area contributed by atoms with Crippen molar-refractivity contribution in [3.8, 4) is 0 Å². The summed E-state index contributed by atoms with van der Waals surface area (Å²) in [5, 5.41) is 0. The minimum atomic E-state index is -2.98. The minimum Gasteiger partial charge on any atom is -0.228 e. The van der Waals surface area contributed by atoms with Crippen LogP contribution in [0.3, 0.4) is 0 Å². The second-order valence-electron chi connectivity index (χ2n) is 5.03. The van der Waals surface area contributed by atoms with Crippen LogP contribution in [0.1, 0.15) is 47.0 Å². The summed E-state index contributed by atoms with van der Waals surface area (Å²) in [7, 11) is -2.98. The van der Waals surface area contributed by atoms with E-state index in [9.17, 15) is 8.42 Å². The number of sulfone groups is 1. The van der Waals surface area contributed by atoms with Crippen molar-refractivity contribution in [2.75, 3.05) is 11.6 Å². The topological polar surface area (TPSA) is 34.1 Å². The Hall–Kier alpha value is 0.240. The molecule has 0 saturated carbocycles. The number of hydrogen-bond donors (Lipinski definition) is 0. The van der Waals surface area contributed by atoms with E-state index in [0.717, 1.165) is 12.8 Å². The smallest absolute Gasteiger partial charge is 0.155 e. The SMILES string of the molecule is CCCC(CCl)CCS(=O)(=O)C(C)(C)C. The largest absolute Gasteiger partial charge is 0.228 e. The highest BCUT2D eigenvalue weighted by Crippen LogP contribution is 2.21. The van der Waals surface area contributed by atoms with Crippen molar-refractivity contribution in [2.24, 2.45) is 5.92 Å². The van der Waals surface area contributed by atoms with Crippen LogP contribution in [0.2, 0.25) is 0 Å². The van der Waals surface area contributed by atoms with E-state index in [1.54, 1.807) is 20.8 Å². The molecule has 0 rings (SSSR count). The van der Waals surface area contributed by atoms with Crippen LogP contribution in [-0.2, 0) is 9.84 Å². The predicted molar refractivity (Wildman–Crippen MR) is 67.3 cm³/mol. The first-order chi connectivity index (χ1) is 6.74. The highest BCUT2D eigenvalue weighted by Gasteiger charge is 2.29. The zero-order valence-electron chi connectivity index (χ0n) is 10.2. The first-order valence-electron chi connectivity index (χ1n) is 5.53. The van der Waals surface area contributed by atoms with E-state index in [0.29, 0.717) is 18.2 Å². The van der Waals surface area contributed by atoms with Crippen molar-refractivity contribution in [1.29, 1.82) is 0 Å². The first-order valence-corrected chi connectivity index (χ1v) is 7.71. The Labute approximate surface area is 99.3 Å². The highest BCUT2D eigenvalue weighted by molar-refractivity contribution is 7.92. The molecule has 0 aromatic rings. The monoisotopic (exact) mass is 254 g/mol. The Morgan fingerprint density at radius 3 is 2.07 bits per heavy atom. The summed E-state index contributed by atoms with van der Waals surface area (Å²) in [4.78, 5) is 0. The first kappa shape index (κ1) is 15.2. The van der Waals surface area contributed by atoms with E-state index in [-0.39, 0.29) is 5.75 Å². The summed E-state index contributed by atoms with van der Waals surface area (Å²) in [5.74, 6) is 1.16. The molecule has 0 aliphatic heterocycles. The average Bonchev–Trinajstić information content (AvgIpc) is 2.10. The molecule has 0 heterocycles. The van der Waals surface area contributed by atoms with Crippen molar-refractivity contribution in [1.82, 2.24) is 0 Å². The Bertz CT molecular complexity index is 265. The third-order valence-corrected chi connectivity index (χ3v) is 5.72. The number of halogens is 1. The average molecular weight is 255 g/mol. The van der Waals surface area contributed by atoms with E-state index in [2.05, 4.69) is 6.92 Å². The van der Waals surface area contributed by atoms with Crippen LogP contribution in [0.4, 0.5) is 0 Å². The molecule has 0 saturated heterocycles. The lowest BCUT2D eigenvalue weighted by molar-refractivity contribution is 0.501. The summed E-state index contributed by atoms with van der Waals surface area (Å²) in [6.45, 7) is 7.34. The molecule has 15 heavy (non-hydrogen) atoms. The fraction of sp³-hybridized carbons (Fsp3) is 1.00. The number of rotatable bonds is 6. The van der Waals surface area contributed by atoms with Crippen molar-refractivity contribution < 1.29 is 8.42 Å². The lowest BCUT2D eigenvalue weighted by Crippen LogP contribution is -2.31. The molecule has 0 amide bonds. The summed E-state index contributed by atoms with van der Waals surface area (Å²) in [6, 6.07) is 0. The highest BCUT2D eigenvalue weighted by atomic mass is 35.5. The fourth-order valence-corrected chi connectivity index (χ4v) is 2.90. The molecule has 0 bridgehead atoms. The van der Waals surface area contributed by atoms with Gasteiger partial charge in [-0.1, -0.05) is 13.3 Å². The van der Waals surface area contributed by atoms with Gasteiger partial charge in [-0.2, -0.15) is 0 Å². The van der Waals surface area contributed by atoms with Crippen LogP contribution in [-0.4, -0.2) is 24.8 Å². The van der Waals surface area contributed by atoms with Crippen LogP contribution in [0.25, 0.3) is 0 Å². The van der Waals surface area contributed by atoms with Crippen LogP contribution >= 0.6 is 11.6 Å². The number of hydrogen-bond acceptors (Lipinski definition) is 2. The Kier molecular flexibility index (Phi) is 6.19. The van der Waals surface area contributed by atoms with Crippen LogP contribution < -0.4 is 0 Å². The molecule has 0 N–H and O–H groups in total. The maximum Gasteiger partial charge on any atom is 0.155 e. The Balaban J connectivity index is 4.26. The summed E-state index contributed by atoms with van der Waals surface area (Å²) in [5.41, 5.74) is 0. The van der Waals surface area contributed by atoms with Gasteiger partial charge in [0.05, 0.1) is 10.5 Å². The normalized spacial score (nSPS) is 15.3. The zero-order chi connectivity index (χ0) is 12.1. The van der Waals surface area contributed by atoms with Gasteiger partial charge in [-0.3, -0.25) is 0 Å². The third-order valence-electron chi connectivity index (χ3n) is 2.64. The molecule has 1 atom stereocenters. The standard InChI is InChI=1S/C11H23ClO2S/c1-5-6-10(9-12)7-8-15(13,14)11(2,3)4/h10H,5-9H2,1-4H3. The number of alkyl halides is 1. The lowest BCUT2D eigenvalue weighted by atomic mass is 10.0. The molecule has 0 aromatic heterocycles. The molecular weight excluding hydrogens is 232 g/mol. The predicted octanol–water partition coefficient (Wildman–Crippen LogP) is 3.24. The molecule has 2 nitrogen and oxygen atoms in total. The van der Waals surface area contributed by atoms with Crippen molar-refractivity contribution in [3.63, 3.8) is 0 Å². The van der Waals surface area contributed by atoms with E-state index >= 15 is 0 Å². The van der Waals surface area contributed by atoms with Gasteiger partial charge in [0.2, 0.25) is 0 Å². The minimum absolute atomic E-state index is 0.258. The summed E-state index contributed by atoms with van der Waals surface area (Å²) >= 11 is 5.79. The molecule has 0 aliphatic carbocycles. The van der Waals surface area contributed by atoms with E-state index < -0.39 is 14.6 Å². The van der Waals surface area contributed by atoms with Gasteiger partial charge in [-0.15, -0.1) is 11.6 Å². The van der Waals surface area contributed by atoms with E-state index in [4.69, 9.17) is 11.6 Å². The molecule has 4 heteroatoms.